The third-order valence-electron chi connectivity index (χ3n) is 8.11. The van der Waals surface area contributed by atoms with E-state index in [-0.39, 0.29) is 17.9 Å². The molecule has 45 heavy (non-hydrogen) atoms. The Bertz CT molecular complexity index is 2160. The molecule has 1 aliphatic rings. The quantitative estimate of drug-likeness (QED) is 0.189. The monoisotopic (exact) mass is 621 g/mol. The zero-order valence-electron chi connectivity index (χ0n) is 25.8. The van der Waals surface area contributed by atoms with Gasteiger partial charge in [-0.25, -0.2) is 14.8 Å². The smallest absolute Gasteiger partial charge is 0.411 e. The van der Waals surface area contributed by atoms with Gasteiger partial charge in [-0.2, -0.15) is 8.42 Å². The fourth-order valence-corrected chi connectivity index (χ4v) is 6.68. The fourth-order valence-electron chi connectivity index (χ4n) is 6.02. The van der Waals surface area contributed by atoms with Crippen LogP contribution in [0.3, 0.4) is 0 Å². The van der Waals surface area contributed by atoms with Crippen molar-refractivity contribution in [1.82, 2.24) is 19.1 Å². The number of nitrogens with zero attached hydrogens (tertiary/aromatic N) is 4. The molecule has 0 bridgehead atoms. The molecule has 0 atom stereocenters. The number of carbonyl (C=O) groups is 1. The molecule has 0 fully saturated rings. The lowest BCUT2D eigenvalue weighted by molar-refractivity contribution is 0.168. The Morgan fingerprint density at radius 1 is 1.00 bits per heavy atom. The third kappa shape index (κ3) is 5.81. The van der Waals surface area contributed by atoms with Crippen LogP contribution >= 0.6 is 0 Å². The predicted molar refractivity (Wildman–Crippen MR) is 180 cm³/mol. The highest BCUT2D eigenvalue weighted by Gasteiger charge is 2.23. The third-order valence-corrected chi connectivity index (χ3v) is 8.87. The summed E-state index contributed by atoms with van der Waals surface area (Å²) in [5.74, 6) is 1.84. The van der Waals surface area contributed by atoms with E-state index in [0.717, 1.165) is 63.3 Å². The number of ether oxygens (including phenoxy) is 1. The maximum Gasteiger partial charge on any atom is 0.411 e. The van der Waals surface area contributed by atoms with Crippen molar-refractivity contribution >= 4 is 54.6 Å². The zero-order valence-corrected chi connectivity index (χ0v) is 26.6. The van der Waals surface area contributed by atoms with E-state index in [1.54, 1.807) is 25.1 Å². The summed E-state index contributed by atoms with van der Waals surface area (Å²) in [5, 5.41) is 2.74. The second kappa shape index (κ2) is 12.6. The van der Waals surface area contributed by atoms with E-state index in [1.807, 2.05) is 43.5 Å². The van der Waals surface area contributed by atoms with Gasteiger partial charge in [0.2, 0.25) is 10.3 Å². The van der Waals surface area contributed by atoms with Crippen LogP contribution in [0.1, 0.15) is 43.6 Å². The molecule has 0 spiro atoms. The Labute approximate surface area is 263 Å². The Morgan fingerprint density at radius 3 is 2.53 bits per heavy atom. The van der Waals surface area contributed by atoms with Crippen LogP contribution in [0.5, 0.6) is 0 Å². The number of allylic oxidation sites excluding steroid dienone is 4. The first-order valence-corrected chi connectivity index (χ1v) is 16.2. The first kappa shape index (κ1) is 30.1. The molecule has 230 valence electrons. The second-order valence-electron chi connectivity index (χ2n) is 11.1. The molecule has 9 nitrogen and oxygen atoms in total. The number of benzene rings is 3. The van der Waals surface area contributed by atoms with Crippen molar-refractivity contribution < 1.29 is 17.9 Å². The Kier molecular flexibility index (Phi) is 8.40. The molecule has 0 saturated heterocycles. The first-order chi connectivity index (χ1) is 21.8. The van der Waals surface area contributed by atoms with Crippen LogP contribution in [0, 0.1) is 6.92 Å². The lowest BCUT2D eigenvalue weighted by atomic mass is 9.92. The van der Waals surface area contributed by atoms with Crippen LogP contribution in [-0.4, -0.2) is 45.1 Å². The average Bonchev–Trinajstić information content (AvgIpc) is 3.55. The van der Waals surface area contributed by atoms with E-state index in [9.17, 15) is 13.2 Å². The van der Waals surface area contributed by atoms with Gasteiger partial charge >= 0.3 is 6.09 Å². The normalized spacial score (nSPS) is 13.2. The summed E-state index contributed by atoms with van der Waals surface area (Å²) in [4.78, 5) is 22.4. The van der Waals surface area contributed by atoms with Crippen molar-refractivity contribution in [3.8, 4) is 11.4 Å². The molecule has 1 N–H and O–H groups in total. The zero-order chi connectivity index (χ0) is 31.7. The molecule has 2 aromatic heterocycles. The van der Waals surface area contributed by atoms with Gasteiger partial charge in [-0.1, -0.05) is 49.4 Å². The number of aromatic nitrogens is 4. The number of nitrogens with one attached hydrogen (secondary N) is 1. The van der Waals surface area contributed by atoms with Crippen molar-refractivity contribution in [2.75, 3.05) is 11.9 Å². The topological polar surface area (TPSA) is 108 Å². The van der Waals surface area contributed by atoms with Crippen LogP contribution in [0.15, 0.2) is 78.4 Å². The van der Waals surface area contributed by atoms with Crippen LogP contribution in [0.2, 0.25) is 0 Å². The van der Waals surface area contributed by atoms with Crippen molar-refractivity contribution in [2.45, 2.75) is 46.6 Å². The molecule has 0 aliphatic heterocycles. The van der Waals surface area contributed by atoms with E-state index >= 15 is 0 Å². The maximum absolute atomic E-state index is 12.6. The number of hydrogen-bond donors (Lipinski definition) is 1. The van der Waals surface area contributed by atoms with Gasteiger partial charge in [0, 0.05) is 43.1 Å². The number of fused-ring (bicyclic) bond motifs is 2. The molecule has 10 heteroatoms. The molecular weight excluding hydrogens is 586 g/mol. The first-order valence-electron chi connectivity index (χ1n) is 15.1. The second-order valence-corrected chi connectivity index (χ2v) is 12.1. The van der Waals surface area contributed by atoms with Gasteiger partial charge in [0.15, 0.2) is 0 Å². The lowest BCUT2D eigenvalue weighted by Gasteiger charge is -2.20. The summed E-state index contributed by atoms with van der Waals surface area (Å²) in [7, 11) is -0.448. The molecule has 0 saturated carbocycles. The number of hydrogen-bond acceptors (Lipinski definition) is 6. The largest absolute Gasteiger partial charge is 0.450 e. The Balaban J connectivity index is 1.43. The molecule has 0 radical (unpaired) electrons. The number of amides is 1. The average molecular weight is 622 g/mol. The van der Waals surface area contributed by atoms with Gasteiger partial charge in [-0.3, -0.25) is 5.32 Å². The molecular formula is C35H35N5O4S. The minimum Gasteiger partial charge on any atom is -0.450 e. The van der Waals surface area contributed by atoms with Gasteiger partial charge in [0.25, 0.3) is 0 Å². The lowest BCUT2D eigenvalue weighted by Crippen LogP contribution is -2.17. The summed E-state index contributed by atoms with van der Waals surface area (Å²) in [6.07, 6.45) is 5.17. The summed E-state index contributed by atoms with van der Waals surface area (Å²) in [6, 6.07) is 19.5. The van der Waals surface area contributed by atoms with Gasteiger partial charge in [-0.05, 0) is 61.7 Å². The minimum atomic E-state index is -2.48. The van der Waals surface area contributed by atoms with E-state index in [4.69, 9.17) is 14.7 Å². The number of anilines is 1. The van der Waals surface area contributed by atoms with Crippen molar-refractivity contribution in [1.29, 1.82) is 0 Å². The summed E-state index contributed by atoms with van der Waals surface area (Å²) in [5.41, 5.74) is 8.57. The highest BCUT2D eigenvalue weighted by Crippen LogP contribution is 2.33. The molecule has 0 unspecified atom stereocenters. The molecule has 1 amide bonds. The van der Waals surface area contributed by atoms with Crippen molar-refractivity contribution in [3.63, 3.8) is 0 Å². The summed E-state index contributed by atoms with van der Waals surface area (Å²) >= 11 is 0. The predicted octanol–water partition coefficient (Wildman–Crippen LogP) is 6.88. The van der Waals surface area contributed by atoms with Crippen LogP contribution < -0.4 is 5.32 Å². The summed E-state index contributed by atoms with van der Waals surface area (Å²) < 4.78 is 34.6. The van der Waals surface area contributed by atoms with Crippen LogP contribution in [0.25, 0.3) is 39.0 Å². The fraction of sp³-hybridized carbons (Fsp3) is 0.257. The van der Waals surface area contributed by atoms with Crippen LogP contribution in [-0.2, 0) is 35.0 Å². The van der Waals surface area contributed by atoms with Crippen molar-refractivity contribution in [2.24, 2.45) is 7.05 Å². The molecule has 1 aliphatic carbocycles. The standard InChI is InChI=1S/C35H35N5O4S/c1-5-11-32-38-33-22(3)18-24(34-36-28-14-9-10-15-29(28)39(34)4)20-30(33)40(32)21-23-16-17-26(31(19-23)45(42)43)25-12-7-8-13-27(25)37-35(41)44-6-2/h7-10,12-18,20H,5-6,11,19,21H2,1-4H3,(H,37,41). The van der Waals surface area contributed by atoms with Gasteiger partial charge in [0.1, 0.15) is 11.6 Å². The van der Waals surface area contributed by atoms with E-state index in [2.05, 4.69) is 46.5 Å². The highest BCUT2D eigenvalue weighted by molar-refractivity contribution is 7.74. The van der Waals surface area contributed by atoms with E-state index < -0.39 is 16.4 Å². The summed E-state index contributed by atoms with van der Waals surface area (Å²) in [6.45, 7) is 6.65. The molecule has 6 rings (SSSR count). The van der Waals surface area contributed by atoms with Crippen LogP contribution in [0.4, 0.5) is 10.5 Å². The Hall–Kier alpha value is -4.96. The SMILES string of the molecule is CCCc1nc2c(C)cc(-c3nc4ccccc4n3C)cc2n1CC1=CC=C(c2ccccc2NC(=O)OCC)C(=S(=O)=O)C1. The molecule has 5 aromatic rings. The van der Waals surface area contributed by atoms with Gasteiger partial charge in [-0.15, -0.1) is 0 Å². The van der Waals surface area contributed by atoms with E-state index in [1.165, 1.54) is 0 Å². The Morgan fingerprint density at radius 2 is 1.78 bits per heavy atom. The number of para-hydroxylation sites is 3. The van der Waals surface area contributed by atoms with E-state index in [0.29, 0.717) is 23.4 Å². The van der Waals surface area contributed by atoms with Gasteiger partial charge in [0.05, 0.1) is 39.2 Å². The number of imidazole rings is 2. The minimum absolute atomic E-state index is 0.229. The maximum atomic E-state index is 12.6. The molecule has 2 heterocycles. The van der Waals surface area contributed by atoms with Crippen molar-refractivity contribution in [3.05, 3.63) is 95.3 Å². The van der Waals surface area contributed by atoms with Gasteiger partial charge < -0.3 is 13.9 Å². The number of carbonyl (C=O) groups excluding carboxylic acids is 1. The highest BCUT2D eigenvalue weighted by atomic mass is 32.2. The number of aryl methyl sites for hydroxylation is 3. The number of rotatable bonds is 8. The molecule has 3 aromatic carbocycles.